The lowest BCUT2D eigenvalue weighted by atomic mass is 10.00. The second-order valence-corrected chi connectivity index (χ2v) is 4.82. The van der Waals surface area contributed by atoms with Gasteiger partial charge in [0.05, 0.1) is 13.2 Å². The lowest BCUT2D eigenvalue weighted by Gasteiger charge is -2.33. The molecule has 0 aromatic heterocycles. The van der Waals surface area contributed by atoms with Gasteiger partial charge in [0.1, 0.15) is 0 Å². The number of rotatable bonds is 2. The van der Waals surface area contributed by atoms with Crippen molar-refractivity contribution in [3.8, 4) is 0 Å². The third-order valence-corrected chi connectivity index (χ3v) is 3.48. The van der Waals surface area contributed by atoms with E-state index in [4.69, 9.17) is 9.47 Å². The van der Waals surface area contributed by atoms with Crippen molar-refractivity contribution in [2.75, 3.05) is 53.1 Å². The lowest BCUT2D eigenvalue weighted by Crippen LogP contribution is -2.48. The average molecular weight is 242 g/mol. The van der Waals surface area contributed by atoms with E-state index >= 15 is 0 Å². The van der Waals surface area contributed by atoms with Crippen LogP contribution in [0.3, 0.4) is 0 Å². The number of amides is 2. The van der Waals surface area contributed by atoms with Gasteiger partial charge in [0.15, 0.2) is 0 Å². The van der Waals surface area contributed by atoms with Crippen molar-refractivity contribution in [1.29, 1.82) is 0 Å². The van der Waals surface area contributed by atoms with E-state index in [2.05, 4.69) is 0 Å². The molecule has 5 heteroatoms. The molecular formula is C12H22N2O3. The SMILES string of the molecule is CN(CC1CCOCC1)C(=O)N1CCOCC1. The van der Waals surface area contributed by atoms with Gasteiger partial charge in [-0.3, -0.25) is 0 Å². The van der Waals surface area contributed by atoms with Crippen LogP contribution in [-0.2, 0) is 9.47 Å². The Morgan fingerprint density at radius 1 is 1.18 bits per heavy atom. The summed E-state index contributed by atoms with van der Waals surface area (Å²) < 4.78 is 10.6. The third kappa shape index (κ3) is 3.57. The van der Waals surface area contributed by atoms with Gasteiger partial charge in [-0.25, -0.2) is 4.79 Å². The summed E-state index contributed by atoms with van der Waals surface area (Å²) in [4.78, 5) is 15.9. The van der Waals surface area contributed by atoms with Crippen molar-refractivity contribution >= 4 is 6.03 Å². The Balaban J connectivity index is 1.77. The first-order valence-electron chi connectivity index (χ1n) is 6.43. The maximum atomic E-state index is 12.1. The molecule has 2 rings (SSSR count). The molecule has 2 amide bonds. The Bertz CT molecular complexity index is 248. The summed E-state index contributed by atoms with van der Waals surface area (Å²) >= 11 is 0. The fourth-order valence-corrected chi connectivity index (χ4v) is 2.39. The molecule has 5 nitrogen and oxygen atoms in total. The van der Waals surface area contributed by atoms with Gasteiger partial charge in [-0.2, -0.15) is 0 Å². The van der Waals surface area contributed by atoms with E-state index in [9.17, 15) is 4.79 Å². The van der Waals surface area contributed by atoms with E-state index < -0.39 is 0 Å². The zero-order valence-corrected chi connectivity index (χ0v) is 10.6. The average Bonchev–Trinajstić information content (AvgIpc) is 2.40. The van der Waals surface area contributed by atoms with Crippen molar-refractivity contribution in [2.45, 2.75) is 12.8 Å². The van der Waals surface area contributed by atoms with Crippen molar-refractivity contribution in [2.24, 2.45) is 5.92 Å². The van der Waals surface area contributed by atoms with Crippen molar-refractivity contribution < 1.29 is 14.3 Å². The monoisotopic (exact) mass is 242 g/mol. The molecule has 0 bridgehead atoms. The van der Waals surface area contributed by atoms with Gasteiger partial charge in [0.2, 0.25) is 0 Å². The molecule has 0 N–H and O–H groups in total. The van der Waals surface area contributed by atoms with E-state index in [-0.39, 0.29) is 6.03 Å². The molecule has 0 radical (unpaired) electrons. The Kier molecular flexibility index (Phi) is 4.62. The number of nitrogens with zero attached hydrogens (tertiary/aromatic N) is 2. The number of hydrogen-bond acceptors (Lipinski definition) is 3. The van der Waals surface area contributed by atoms with Gasteiger partial charge in [0, 0.05) is 39.9 Å². The van der Waals surface area contributed by atoms with Gasteiger partial charge in [-0.15, -0.1) is 0 Å². The van der Waals surface area contributed by atoms with Gasteiger partial charge in [0.25, 0.3) is 0 Å². The molecule has 2 heterocycles. The number of ether oxygens (including phenoxy) is 2. The molecule has 2 fully saturated rings. The highest BCUT2D eigenvalue weighted by Crippen LogP contribution is 2.16. The Morgan fingerprint density at radius 3 is 2.41 bits per heavy atom. The molecule has 0 unspecified atom stereocenters. The van der Waals surface area contributed by atoms with Crippen LogP contribution in [0, 0.1) is 5.92 Å². The van der Waals surface area contributed by atoms with Crippen LogP contribution in [0.15, 0.2) is 0 Å². The van der Waals surface area contributed by atoms with Crippen LogP contribution in [0.25, 0.3) is 0 Å². The Morgan fingerprint density at radius 2 is 1.76 bits per heavy atom. The number of carbonyl (C=O) groups is 1. The summed E-state index contributed by atoms with van der Waals surface area (Å²) in [5, 5.41) is 0. The van der Waals surface area contributed by atoms with Gasteiger partial charge in [-0.05, 0) is 18.8 Å². The predicted molar refractivity (Wildman–Crippen MR) is 64.0 cm³/mol. The number of morpholine rings is 1. The summed E-state index contributed by atoms with van der Waals surface area (Å²) in [7, 11) is 1.90. The second-order valence-electron chi connectivity index (χ2n) is 4.82. The van der Waals surface area contributed by atoms with E-state index in [1.54, 1.807) is 0 Å². The molecule has 0 aromatic rings. The van der Waals surface area contributed by atoms with E-state index in [0.717, 1.165) is 45.7 Å². The van der Waals surface area contributed by atoms with Gasteiger partial charge < -0.3 is 19.3 Å². The summed E-state index contributed by atoms with van der Waals surface area (Å²) in [6, 6.07) is 0.139. The molecule has 0 aliphatic carbocycles. The standard InChI is InChI=1S/C12H22N2O3/c1-13(10-11-2-6-16-7-3-11)12(15)14-4-8-17-9-5-14/h11H,2-10H2,1H3. The summed E-state index contributed by atoms with van der Waals surface area (Å²) in [5.74, 6) is 0.596. The highest BCUT2D eigenvalue weighted by Gasteiger charge is 2.23. The molecule has 0 aromatic carbocycles. The first-order valence-corrected chi connectivity index (χ1v) is 6.43. The minimum Gasteiger partial charge on any atom is -0.381 e. The molecule has 0 atom stereocenters. The predicted octanol–water partition coefficient (Wildman–Crippen LogP) is 0.797. The van der Waals surface area contributed by atoms with Crippen molar-refractivity contribution in [1.82, 2.24) is 9.80 Å². The molecule has 17 heavy (non-hydrogen) atoms. The topological polar surface area (TPSA) is 42.0 Å². The maximum Gasteiger partial charge on any atom is 0.319 e. The molecule has 98 valence electrons. The Hall–Kier alpha value is -0.810. The van der Waals surface area contributed by atoms with E-state index in [0.29, 0.717) is 19.1 Å². The number of urea groups is 1. The van der Waals surface area contributed by atoms with Gasteiger partial charge >= 0.3 is 6.03 Å². The van der Waals surface area contributed by atoms with Crippen LogP contribution in [0.5, 0.6) is 0 Å². The minimum absolute atomic E-state index is 0.139. The highest BCUT2D eigenvalue weighted by atomic mass is 16.5. The van der Waals surface area contributed by atoms with Crippen LogP contribution < -0.4 is 0 Å². The fraction of sp³-hybridized carbons (Fsp3) is 0.917. The summed E-state index contributed by atoms with van der Waals surface area (Å²) in [5.41, 5.74) is 0. The zero-order chi connectivity index (χ0) is 12.1. The van der Waals surface area contributed by atoms with E-state index in [1.165, 1.54) is 0 Å². The normalized spacial score (nSPS) is 22.5. The molecule has 2 aliphatic rings. The smallest absolute Gasteiger partial charge is 0.319 e. The number of carbonyl (C=O) groups excluding carboxylic acids is 1. The zero-order valence-electron chi connectivity index (χ0n) is 10.6. The van der Waals surface area contributed by atoms with Crippen LogP contribution in [0.4, 0.5) is 4.79 Å². The molecular weight excluding hydrogens is 220 g/mol. The van der Waals surface area contributed by atoms with Crippen LogP contribution >= 0.6 is 0 Å². The highest BCUT2D eigenvalue weighted by molar-refractivity contribution is 5.74. The Labute approximate surface area is 103 Å². The maximum absolute atomic E-state index is 12.1. The first kappa shape index (κ1) is 12.6. The quantitative estimate of drug-likeness (QED) is 0.719. The summed E-state index contributed by atoms with van der Waals surface area (Å²) in [6.45, 7) is 5.29. The molecule has 0 spiro atoms. The molecule has 0 saturated carbocycles. The van der Waals surface area contributed by atoms with Crippen molar-refractivity contribution in [3.63, 3.8) is 0 Å². The second kappa shape index (κ2) is 6.21. The van der Waals surface area contributed by atoms with Crippen LogP contribution in [-0.4, -0.2) is 68.9 Å². The largest absolute Gasteiger partial charge is 0.381 e. The van der Waals surface area contributed by atoms with Crippen LogP contribution in [0.1, 0.15) is 12.8 Å². The lowest BCUT2D eigenvalue weighted by molar-refractivity contribution is 0.0367. The third-order valence-electron chi connectivity index (χ3n) is 3.48. The van der Waals surface area contributed by atoms with Crippen molar-refractivity contribution in [3.05, 3.63) is 0 Å². The minimum atomic E-state index is 0.139. The fourth-order valence-electron chi connectivity index (χ4n) is 2.39. The van der Waals surface area contributed by atoms with Gasteiger partial charge in [-0.1, -0.05) is 0 Å². The molecule has 2 aliphatic heterocycles. The molecule has 2 saturated heterocycles. The van der Waals surface area contributed by atoms with E-state index in [1.807, 2.05) is 16.8 Å². The summed E-state index contributed by atoms with van der Waals surface area (Å²) in [6.07, 6.45) is 2.14. The first-order chi connectivity index (χ1) is 8.27. The number of hydrogen-bond donors (Lipinski definition) is 0. The van der Waals surface area contributed by atoms with Crippen LogP contribution in [0.2, 0.25) is 0 Å².